The van der Waals surface area contributed by atoms with Gasteiger partial charge >= 0.3 is 23.9 Å². The maximum absolute atomic E-state index is 13.6. The fraction of sp³-hybridized carbons (Fsp3) is 0.414. The van der Waals surface area contributed by atoms with E-state index in [0.717, 1.165) is 19.4 Å². The van der Waals surface area contributed by atoms with Crippen LogP contribution in [0.5, 0.6) is 0 Å². The minimum atomic E-state index is -1.33. The highest BCUT2D eigenvalue weighted by atomic mass is 16.6. The molecular weight excluding hydrogens is 522 g/mol. The van der Waals surface area contributed by atoms with E-state index in [0.29, 0.717) is 5.56 Å². The van der Waals surface area contributed by atoms with Gasteiger partial charge in [-0.1, -0.05) is 60.7 Å². The minimum Gasteiger partial charge on any atom is -0.458 e. The summed E-state index contributed by atoms with van der Waals surface area (Å²) >= 11 is 0. The summed E-state index contributed by atoms with van der Waals surface area (Å²) < 4.78 is 27.8. The van der Waals surface area contributed by atoms with Crippen molar-refractivity contribution in [2.45, 2.75) is 64.8 Å². The summed E-state index contributed by atoms with van der Waals surface area (Å²) in [5, 5.41) is 2.79. The second kappa shape index (κ2) is 14.2. The van der Waals surface area contributed by atoms with Gasteiger partial charge in [0.15, 0.2) is 12.2 Å². The molecule has 11 nitrogen and oxygen atoms in total. The van der Waals surface area contributed by atoms with Crippen LogP contribution in [0.15, 0.2) is 60.7 Å². The number of carbonyl (C=O) groups is 5. The highest BCUT2D eigenvalue weighted by Gasteiger charge is 2.57. The Morgan fingerprint density at radius 1 is 0.700 bits per heavy atom. The van der Waals surface area contributed by atoms with Gasteiger partial charge in [0.1, 0.15) is 6.10 Å². The van der Waals surface area contributed by atoms with Crippen LogP contribution in [-0.4, -0.2) is 60.7 Å². The van der Waals surface area contributed by atoms with E-state index in [4.69, 9.17) is 23.7 Å². The fourth-order valence-corrected chi connectivity index (χ4v) is 4.67. The molecule has 0 spiro atoms. The summed E-state index contributed by atoms with van der Waals surface area (Å²) in [5.41, 5.74) is 1.28. The lowest BCUT2D eigenvalue weighted by Gasteiger charge is -2.28. The summed E-state index contributed by atoms with van der Waals surface area (Å²) in [6, 6.07) is 16.6. The van der Waals surface area contributed by atoms with E-state index in [-0.39, 0.29) is 13.2 Å². The molecule has 0 unspecified atom stereocenters. The molecule has 0 bridgehead atoms. The smallest absolute Gasteiger partial charge is 0.303 e. The van der Waals surface area contributed by atoms with E-state index < -0.39 is 66.2 Å². The SMILES string of the molecule is CC(=O)O[C@H]1[C@H](OC(C)=O)[C@@H](COCc2ccccc2)[C@H](NC(=O)[C@@H](OC(C)=O)c2ccccc2)[C@@H]1OC(C)=O. The van der Waals surface area contributed by atoms with E-state index in [9.17, 15) is 24.0 Å². The van der Waals surface area contributed by atoms with Crippen molar-refractivity contribution in [3.8, 4) is 0 Å². The second-order valence-corrected chi connectivity index (χ2v) is 9.32. The maximum atomic E-state index is 13.6. The van der Waals surface area contributed by atoms with Crippen molar-refractivity contribution < 1.29 is 47.7 Å². The van der Waals surface area contributed by atoms with Gasteiger partial charge in [0.2, 0.25) is 6.10 Å². The molecule has 2 aromatic rings. The van der Waals surface area contributed by atoms with E-state index in [2.05, 4.69) is 5.32 Å². The number of ether oxygens (including phenoxy) is 5. The second-order valence-electron chi connectivity index (χ2n) is 9.32. The Morgan fingerprint density at radius 3 is 1.77 bits per heavy atom. The molecule has 1 fully saturated rings. The molecule has 214 valence electrons. The minimum absolute atomic E-state index is 0.0725. The lowest BCUT2D eigenvalue weighted by Crippen LogP contribution is -2.50. The Bertz CT molecular complexity index is 1190. The molecule has 3 rings (SSSR count). The third-order valence-electron chi connectivity index (χ3n) is 6.15. The zero-order valence-electron chi connectivity index (χ0n) is 22.7. The molecule has 1 saturated carbocycles. The molecule has 6 atom stereocenters. The first kappa shape index (κ1) is 30.3. The monoisotopic (exact) mass is 555 g/mol. The summed E-state index contributed by atoms with van der Waals surface area (Å²) in [4.78, 5) is 61.7. The Hall–Kier alpha value is -4.25. The van der Waals surface area contributed by atoms with Crippen molar-refractivity contribution >= 4 is 29.8 Å². The van der Waals surface area contributed by atoms with E-state index in [1.165, 1.54) is 13.8 Å². The Balaban J connectivity index is 1.98. The highest BCUT2D eigenvalue weighted by Crippen LogP contribution is 2.36. The Kier molecular flexibility index (Phi) is 10.8. The van der Waals surface area contributed by atoms with Crippen LogP contribution in [0.25, 0.3) is 0 Å². The quantitative estimate of drug-likeness (QED) is 0.324. The largest absolute Gasteiger partial charge is 0.458 e. The van der Waals surface area contributed by atoms with Crippen LogP contribution in [0.3, 0.4) is 0 Å². The molecule has 1 N–H and O–H groups in total. The normalized spacial score (nSPS) is 22.4. The van der Waals surface area contributed by atoms with Gasteiger partial charge in [-0.15, -0.1) is 0 Å². The molecule has 1 aliphatic carbocycles. The van der Waals surface area contributed by atoms with Gasteiger partial charge in [-0.3, -0.25) is 24.0 Å². The number of carbonyl (C=O) groups excluding carboxylic acids is 5. The predicted octanol–water partition coefficient (Wildman–Crippen LogP) is 2.42. The van der Waals surface area contributed by atoms with Crippen LogP contribution in [0, 0.1) is 5.92 Å². The van der Waals surface area contributed by atoms with Gasteiger partial charge in [0.25, 0.3) is 5.91 Å². The maximum Gasteiger partial charge on any atom is 0.303 e. The van der Waals surface area contributed by atoms with Gasteiger partial charge in [0, 0.05) is 39.2 Å². The van der Waals surface area contributed by atoms with Crippen molar-refractivity contribution in [3.05, 3.63) is 71.8 Å². The molecule has 11 heteroatoms. The van der Waals surface area contributed by atoms with Gasteiger partial charge in [-0.25, -0.2) is 0 Å². The average molecular weight is 556 g/mol. The number of amides is 1. The molecule has 0 aliphatic heterocycles. The average Bonchev–Trinajstić information content (AvgIpc) is 3.13. The molecule has 40 heavy (non-hydrogen) atoms. The van der Waals surface area contributed by atoms with Crippen LogP contribution in [0.4, 0.5) is 0 Å². The molecule has 0 saturated heterocycles. The van der Waals surface area contributed by atoms with Crippen LogP contribution < -0.4 is 5.32 Å². The van der Waals surface area contributed by atoms with Crippen molar-refractivity contribution in [2.75, 3.05) is 6.61 Å². The first-order chi connectivity index (χ1) is 19.1. The molecule has 0 aromatic heterocycles. The Labute approximate surface area is 232 Å². The fourth-order valence-electron chi connectivity index (χ4n) is 4.67. The van der Waals surface area contributed by atoms with Crippen LogP contribution in [0.1, 0.15) is 44.9 Å². The van der Waals surface area contributed by atoms with Gasteiger partial charge < -0.3 is 29.0 Å². The Morgan fingerprint density at radius 2 is 1.23 bits per heavy atom. The number of benzene rings is 2. The number of esters is 4. The zero-order chi connectivity index (χ0) is 29.2. The summed E-state index contributed by atoms with van der Waals surface area (Å²) in [6.45, 7) is 4.81. The van der Waals surface area contributed by atoms with E-state index in [1.807, 2.05) is 30.3 Å². The predicted molar refractivity (Wildman–Crippen MR) is 139 cm³/mol. The van der Waals surface area contributed by atoms with Crippen molar-refractivity contribution in [2.24, 2.45) is 5.92 Å². The summed E-state index contributed by atoms with van der Waals surface area (Å²) in [6.07, 6.45) is -4.95. The lowest BCUT2D eigenvalue weighted by molar-refractivity contribution is -0.176. The van der Waals surface area contributed by atoms with Gasteiger partial charge in [0.05, 0.1) is 19.3 Å². The summed E-state index contributed by atoms with van der Waals surface area (Å²) in [5.74, 6) is -4.33. The van der Waals surface area contributed by atoms with Gasteiger partial charge in [-0.2, -0.15) is 0 Å². The standard InChI is InChI=1S/C29H33NO10/c1-17(31)37-25(22-13-9-6-10-14-22)29(35)30-24-23(16-36-15-21-11-7-5-8-12-21)26(38-18(2)32)28(40-20(4)34)27(24)39-19(3)33/h5-14,23-28H,15-16H2,1-4H3,(H,30,35)/t23-,24-,25-,26+,27-,28-/m0/s1. The topological polar surface area (TPSA) is 144 Å². The third kappa shape index (κ3) is 8.37. The number of rotatable bonds is 11. The van der Waals surface area contributed by atoms with E-state index in [1.54, 1.807) is 30.3 Å². The molecule has 0 radical (unpaired) electrons. The highest BCUT2D eigenvalue weighted by molar-refractivity contribution is 5.85. The number of hydrogen-bond donors (Lipinski definition) is 1. The summed E-state index contributed by atoms with van der Waals surface area (Å²) in [7, 11) is 0. The number of hydrogen-bond acceptors (Lipinski definition) is 10. The van der Waals surface area contributed by atoms with Crippen LogP contribution in [-0.2, 0) is 54.3 Å². The van der Waals surface area contributed by atoms with Gasteiger partial charge in [-0.05, 0) is 5.56 Å². The zero-order valence-corrected chi connectivity index (χ0v) is 22.7. The third-order valence-corrected chi connectivity index (χ3v) is 6.15. The van der Waals surface area contributed by atoms with Crippen LogP contribution in [0.2, 0.25) is 0 Å². The van der Waals surface area contributed by atoms with Crippen molar-refractivity contribution in [1.29, 1.82) is 0 Å². The molecule has 0 heterocycles. The van der Waals surface area contributed by atoms with Crippen molar-refractivity contribution in [1.82, 2.24) is 5.32 Å². The van der Waals surface area contributed by atoms with E-state index >= 15 is 0 Å². The number of nitrogens with one attached hydrogen (secondary N) is 1. The van der Waals surface area contributed by atoms with Crippen LogP contribution >= 0.6 is 0 Å². The first-order valence-electron chi connectivity index (χ1n) is 12.7. The molecule has 2 aromatic carbocycles. The van der Waals surface area contributed by atoms with Crippen molar-refractivity contribution in [3.63, 3.8) is 0 Å². The first-order valence-corrected chi connectivity index (χ1v) is 12.7. The molecule has 1 amide bonds. The molecule has 1 aliphatic rings. The lowest BCUT2D eigenvalue weighted by atomic mass is 10.0. The molecular formula is C29H33NO10.